The highest BCUT2D eigenvalue weighted by Gasteiger charge is 2.19. The summed E-state index contributed by atoms with van der Waals surface area (Å²) in [6.45, 7) is 12.9. The van der Waals surface area contributed by atoms with Crippen LogP contribution in [0.25, 0.3) is 67.6 Å². The Bertz CT molecular complexity index is 2970. The van der Waals surface area contributed by atoms with Crippen LogP contribution in [0.15, 0.2) is 200 Å². The molecule has 0 bridgehead atoms. The molecule has 7 aromatic rings. The third-order valence-electron chi connectivity index (χ3n) is 11.4. The number of benzene rings is 6. The lowest BCUT2D eigenvalue weighted by molar-refractivity contribution is 1.10. The molecule has 2 heteroatoms. The molecule has 8 rings (SSSR count). The van der Waals surface area contributed by atoms with E-state index in [0.717, 1.165) is 41.1 Å². The molecule has 0 N–H and O–H groups in total. The van der Waals surface area contributed by atoms with Crippen molar-refractivity contribution in [1.82, 2.24) is 4.57 Å². The summed E-state index contributed by atoms with van der Waals surface area (Å²) in [6, 6.07) is 42.1. The second-order valence-corrected chi connectivity index (χ2v) is 15.1. The van der Waals surface area contributed by atoms with Gasteiger partial charge in [0.2, 0.25) is 0 Å². The SMILES string of the molecule is C=C/C(=C\C=C(/C)N(c1ccccc1)c1cccc(-c2cccc3c2c2cc4ccccc4cc2n3/C=C/C=C\C=C/C)c1)c1cc2c(c(/C=C\C)c1CC)C=CC=CC2. The van der Waals surface area contributed by atoms with Crippen molar-refractivity contribution in [3.63, 3.8) is 0 Å². The fourth-order valence-corrected chi connectivity index (χ4v) is 8.66. The van der Waals surface area contributed by atoms with E-state index >= 15 is 0 Å². The lowest BCUT2D eigenvalue weighted by atomic mass is 9.86. The van der Waals surface area contributed by atoms with Gasteiger partial charge in [0.15, 0.2) is 0 Å². The number of nitrogens with zero attached hydrogens (tertiary/aromatic N) is 2. The number of anilines is 2. The van der Waals surface area contributed by atoms with Crippen LogP contribution in [0.5, 0.6) is 0 Å². The zero-order chi connectivity index (χ0) is 41.4. The first-order valence-electron chi connectivity index (χ1n) is 21.1. The quantitative estimate of drug-likeness (QED) is 0.112. The molecule has 0 saturated carbocycles. The predicted molar refractivity (Wildman–Crippen MR) is 265 cm³/mol. The van der Waals surface area contributed by atoms with Crippen molar-refractivity contribution in [3.05, 3.63) is 228 Å². The van der Waals surface area contributed by atoms with Crippen LogP contribution in [0.4, 0.5) is 11.4 Å². The Morgan fingerprint density at radius 3 is 2.28 bits per heavy atom. The molecule has 0 amide bonds. The molecule has 60 heavy (non-hydrogen) atoms. The molecular weight excluding hydrogens is 725 g/mol. The van der Waals surface area contributed by atoms with Crippen LogP contribution in [-0.2, 0) is 12.8 Å². The van der Waals surface area contributed by atoms with E-state index in [-0.39, 0.29) is 0 Å². The van der Waals surface area contributed by atoms with E-state index in [4.69, 9.17) is 0 Å². The Balaban J connectivity index is 1.26. The zero-order valence-electron chi connectivity index (χ0n) is 35.1. The minimum absolute atomic E-state index is 0.900. The van der Waals surface area contributed by atoms with Crippen molar-refractivity contribution in [1.29, 1.82) is 0 Å². The second-order valence-electron chi connectivity index (χ2n) is 15.1. The summed E-state index contributed by atoms with van der Waals surface area (Å²) in [6.07, 6.45) is 34.1. The summed E-state index contributed by atoms with van der Waals surface area (Å²) < 4.78 is 2.33. The third-order valence-corrected chi connectivity index (χ3v) is 11.4. The standard InChI is InChI=1S/C58H52N2/c1-6-10-11-12-21-37-59-56-34-23-33-52(58(56)55-39-44-25-19-20-26-45(44)41-57(55)59)46-28-22-31-49(38-46)60(48-29-16-14-17-30-48)42(5)35-36-43(8-3)54-40-47-27-15-13-18-32-51(47)53(24-7-2)50(54)9-4/h6-8,10-26,28-41H,3,9,27H2,1-2,4-5H3/b10-6-,12-11-,24-7-,37-21+,42-35+,43-36+. The third kappa shape index (κ3) is 7.85. The second kappa shape index (κ2) is 18.2. The lowest BCUT2D eigenvalue weighted by Crippen LogP contribution is -2.14. The zero-order valence-corrected chi connectivity index (χ0v) is 35.1. The van der Waals surface area contributed by atoms with Gasteiger partial charge in [-0.3, -0.25) is 0 Å². The maximum Gasteiger partial charge on any atom is 0.0541 e. The molecule has 1 heterocycles. The Morgan fingerprint density at radius 2 is 1.50 bits per heavy atom. The Labute approximate surface area is 355 Å². The summed E-state index contributed by atoms with van der Waals surface area (Å²) in [7, 11) is 0. The molecular formula is C58H52N2. The summed E-state index contributed by atoms with van der Waals surface area (Å²) in [5.41, 5.74) is 15.6. The number of fused-ring (bicyclic) bond motifs is 5. The largest absolute Gasteiger partial charge is 0.316 e. The highest BCUT2D eigenvalue weighted by Crippen LogP contribution is 2.41. The van der Waals surface area contributed by atoms with Gasteiger partial charge in [-0.05, 0) is 150 Å². The van der Waals surface area contributed by atoms with Crippen LogP contribution in [0.3, 0.4) is 0 Å². The Kier molecular flexibility index (Phi) is 12.0. The van der Waals surface area contributed by atoms with Gasteiger partial charge in [-0.2, -0.15) is 0 Å². The van der Waals surface area contributed by atoms with Crippen LogP contribution in [0.2, 0.25) is 0 Å². The van der Waals surface area contributed by atoms with Gasteiger partial charge in [-0.25, -0.2) is 0 Å². The van der Waals surface area contributed by atoms with Gasteiger partial charge in [-0.1, -0.05) is 153 Å². The molecule has 6 aromatic carbocycles. The van der Waals surface area contributed by atoms with Crippen LogP contribution in [-0.4, -0.2) is 4.57 Å². The van der Waals surface area contributed by atoms with E-state index in [1.807, 2.05) is 25.2 Å². The van der Waals surface area contributed by atoms with E-state index < -0.39 is 0 Å². The molecule has 0 fully saturated rings. The van der Waals surface area contributed by atoms with Crippen LogP contribution in [0.1, 0.15) is 55.5 Å². The first-order chi connectivity index (χ1) is 29.5. The molecule has 2 nitrogen and oxygen atoms in total. The van der Waals surface area contributed by atoms with Crippen molar-refractivity contribution in [2.45, 2.75) is 40.5 Å². The summed E-state index contributed by atoms with van der Waals surface area (Å²) in [4.78, 5) is 2.36. The van der Waals surface area contributed by atoms with E-state index in [2.05, 4.69) is 225 Å². The van der Waals surface area contributed by atoms with Gasteiger partial charge in [0, 0.05) is 34.0 Å². The first kappa shape index (κ1) is 39.7. The Morgan fingerprint density at radius 1 is 0.733 bits per heavy atom. The number of para-hydroxylation sites is 1. The number of allylic oxidation sites excluding steroid dienone is 14. The maximum absolute atomic E-state index is 4.33. The van der Waals surface area contributed by atoms with E-state index in [1.165, 1.54) is 66.0 Å². The predicted octanol–water partition coefficient (Wildman–Crippen LogP) is 16.3. The molecule has 0 unspecified atom stereocenters. The molecule has 0 spiro atoms. The van der Waals surface area contributed by atoms with Crippen molar-refractivity contribution in [3.8, 4) is 11.1 Å². The van der Waals surface area contributed by atoms with E-state index in [9.17, 15) is 0 Å². The van der Waals surface area contributed by atoms with Crippen molar-refractivity contribution >= 4 is 67.9 Å². The van der Waals surface area contributed by atoms with Crippen LogP contribution in [0, 0.1) is 0 Å². The minimum atomic E-state index is 0.900. The maximum atomic E-state index is 4.33. The van der Waals surface area contributed by atoms with Crippen molar-refractivity contribution in [2.24, 2.45) is 0 Å². The molecule has 0 saturated heterocycles. The number of rotatable bonds is 12. The fourth-order valence-electron chi connectivity index (χ4n) is 8.66. The average Bonchev–Trinajstić information content (AvgIpc) is 3.39. The molecule has 0 atom stereocenters. The number of hydrogen-bond acceptors (Lipinski definition) is 1. The Hall–Kier alpha value is -7.16. The molecule has 0 aliphatic heterocycles. The van der Waals surface area contributed by atoms with Gasteiger partial charge >= 0.3 is 0 Å². The highest BCUT2D eigenvalue weighted by atomic mass is 15.1. The molecule has 1 aromatic heterocycles. The van der Waals surface area contributed by atoms with Crippen molar-refractivity contribution < 1.29 is 0 Å². The summed E-state index contributed by atoms with van der Waals surface area (Å²) in [5, 5.41) is 4.94. The highest BCUT2D eigenvalue weighted by molar-refractivity contribution is 6.18. The topological polar surface area (TPSA) is 8.17 Å². The van der Waals surface area contributed by atoms with E-state index in [1.54, 1.807) is 0 Å². The van der Waals surface area contributed by atoms with E-state index in [0.29, 0.717) is 0 Å². The summed E-state index contributed by atoms with van der Waals surface area (Å²) in [5.74, 6) is 0. The molecule has 294 valence electrons. The number of aromatic nitrogens is 1. The fraction of sp³-hybridized carbons (Fsp3) is 0.103. The smallest absolute Gasteiger partial charge is 0.0541 e. The normalized spacial score (nSPS) is 13.5. The van der Waals surface area contributed by atoms with Crippen molar-refractivity contribution in [2.75, 3.05) is 4.90 Å². The van der Waals surface area contributed by atoms with Gasteiger partial charge in [0.25, 0.3) is 0 Å². The van der Waals surface area contributed by atoms with Crippen LogP contribution >= 0.6 is 0 Å². The lowest BCUT2D eigenvalue weighted by Gasteiger charge is -2.26. The number of hydrogen-bond donors (Lipinski definition) is 0. The average molecular weight is 777 g/mol. The minimum Gasteiger partial charge on any atom is -0.316 e. The van der Waals surface area contributed by atoms with Crippen LogP contribution < -0.4 is 4.90 Å². The molecule has 1 aliphatic rings. The first-order valence-corrected chi connectivity index (χ1v) is 21.1. The van der Waals surface area contributed by atoms with Gasteiger partial charge in [0.1, 0.15) is 0 Å². The monoisotopic (exact) mass is 776 g/mol. The molecule has 0 radical (unpaired) electrons. The van der Waals surface area contributed by atoms with Gasteiger partial charge in [-0.15, -0.1) is 0 Å². The molecule has 1 aliphatic carbocycles. The summed E-state index contributed by atoms with van der Waals surface area (Å²) >= 11 is 0. The van der Waals surface area contributed by atoms with Gasteiger partial charge in [0.05, 0.1) is 11.0 Å². The van der Waals surface area contributed by atoms with Gasteiger partial charge < -0.3 is 9.47 Å².